The Kier molecular flexibility index (Phi) is 3.91. The number of hydrogen-bond donors (Lipinski definition) is 2. The summed E-state index contributed by atoms with van der Waals surface area (Å²) in [6.45, 7) is 1.32. The van der Waals surface area contributed by atoms with Crippen LogP contribution < -0.4 is 10.6 Å². The van der Waals surface area contributed by atoms with Crippen LogP contribution in [0.2, 0.25) is 0 Å². The molecule has 0 aromatic carbocycles. The quantitative estimate of drug-likeness (QED) is 0.861. The summed E-state index contributed by atoms with van der Waals surface area (Å²) in [6.07, 6.45) is 2.59. The first-order valence-electron chi connectivity index (χ1n) is 6.31. The number of nitrogens with one attached hydrogen (secondary N) is 2. The second-order valence-corrected chi connectivity index (χ2v) is 6.44. The minimum Gasteiger partial charge on any atom is -0.308 e. The molecule has 2 heterocycles. The van der Waals surface area contributed by atoms with Gasteiger partial charge in [-0.25, -0.2) is 4.98 Å². The molecule has 0 radical (unpaired) electrons. The molecule has 0 atom stereocenters. The Morgan fingerprint density at radius 2 is 2.32 bits per heavy atom. The summed E-state index contributed by atoms with van der Waals surface area (Å²) in [5.41, 5.74) is 0.932. The summed E-state index contributed by atoms with van der Waals surface area (Å²) in [7, 11) is 0. The highest BCUT2D eigenvalue weighted by molar-refractivity contribution is 7.16. The van der Waals surface area contributed by atoms with Crippen molar-refractivity contribution in [1.29, 1.82) is 0 Å². The molecule has 3 rings (SSSR count). The highest BCUT2D eigenvalue weighted by Crippen LogP contribution is 2.28. The number of rotatable bonds is 6. The van der Waals surface area contributed by atoms with Gasteiger partial charge in [-0.05, 0) is 36.8 Å². The average molecular weight is 293 g/mol. The molecule has 2 aromatic rings. The Morgan fingerprint density at radius 3 is 3.05 bits per heavy atom. The summed E-state index contributed by atoms with van der Waals surface area (Å²) in [4.78, 5) is 17.3. The van der Waals surface area contributed by atoms with Gasteiger partial charge in [0.1, 0.15) is 0 Å². The zero-order valence-electron chi connectivity index (χ0n) is 10.4. The summed E-state index contributed by atoms with van der Waals surface area (Å²) >= 11 is 3.12. The van der Waals surface area contributed by atoms with Gasteiger partial charge in [0, 0.05) is 5.38 Å². The molecule has 19 heavy (non-hydrogen) atoms. The van der Waals surface area contributed by atoms with Gasteiger partial charge in [0.05, 0.1) is 17.1 Å². The molecule has 1 aliphatic rings. The Morgan fingerprint density at radius 1 is 1.42 bits per heavy atom. The molecule has 0 spiro atoms. The maximum absolute atomic E-state index is 11.7. The van der Waals surface area contributed by atoms with Crippen LogP contribution in [-0.4, -0.2) is 24.0 Å². The average Bonchev–Trinajstić information content (AvgIpc) is 2.91. The van der Waals surface area contributed by atoms with Crippen molar-refractivity contribution < 1.29 is 4.79 Å². The van der Waals surface area contributed by atoms with Crippen molar-refractivity contribution in [2.24, 2.45) is 5.92 Å². The molecule has 4 nitrogen and oxygen atoms in total. The summed E-state index contributed by atoms with van der Waals surface area (Å²) in [5, 5.41) is 10.7. The first kappa shape index (κ1) is 12.8. The van der Waals surface area contributed by atoms with Crippen LogP contribution in [0.25, 0.3) is 10.6 Å². The standard InChI is InChI=1S/C13H15N3OS2/c17-12(7-14-6-9-3-4-9)16-13-15-10(8-19-13)11-2-1-5-18-11/h1-2,5,8-9,14H,3-4,6-7H2,(H,15,16,17). The van der Waals surface area contributed by atoms with Crippen LogP contribution in [0.15, 0.2) is 22.9 Å². The van der Waals surface area contributed by atoms with Gasteiger partial charge in [0.25, 0.3) is 0 Å². The second-order valence-electron chi connectivity index (χ2n) is 4.64. The van der Waals surface area contributed by atoms with Gasteiger partial charge in [-0.15, -0.1) is 22.7 Å². The van der Waals surface area contributed by atoms with Crippen molar-refractivity contribution >= 4 is 33.7 Å². The normalized spacial score (nSPS) is 14.5. The molecule has 1 saturated carbocycles. The maximum Gasteiger partial charge on any atom is 0.240 e. The molecule has 100 valence electrons. The lowest BCUT2D eigenvalue weighted by Gasteiger charge is -2.03. The number of thiazole rings is 1. The van der Waals surface area contributed by atoms with Crippen molar-refractivity contribution in [2.45, 2.75) is 12.8 Å². The molecule has 1 amide bonds. The number of amides is 1. The third-order valence-corrected chi connectivity index (χ3v) is 4.59. The highest BCUT2D eigenvalue weighted by atomic mass is 32.1. The van der Waals surface area contributed by atoms with Crippen LogP contribution in [0.4, 0.5) is 5.13 Å². The molecule has 0 aliphatic heterocycles. The Labute approximate surface area is 119 Å². The minimum absolute atomic E-state index is 0.0206. The summed E-state index contributed by atoms with van der Waals surface area (Å²) < 4.78 is 0. The topological polar surface area (TPSA) is 54.0 Å². The molecular formula is C13H15N3OS2. The van der Waals surface area contributed by atoms with Crippen molar-refractivity contribution in [3.63, 3.8) is 0 Å². The number of carbonyl (C=O) groups excluding carboxylic acids is 1. The van der Waals surface area contributed by atoms with E-state index in [0.717, 1.165) is 23.0 Å². The van der Waals surface area contributed by atoms with Crippen LogP contribution in [0, 0.1) is 5.92 Å². The Bertz CT molecular complexity index is 546. The van der Waals surface area contributed by atoms with Gasteiger partial charge < -0.3 is 10.6 Å². The first-order chi connectivity index (χ1) is 9.31. The predicted molar refractivity (Wildman–Crippen MR) is 79.7 cm³/mol. The number of nitrogens with zero attached hydrogens (tertiary/aromatic N) is 1. The van der Waals surface area contributed by atoms with E-state index in [0.29, 0.717) is 11.7 Å². The number of aromatic nitrogens is 1. The van der Waals surface area contributed by atoms with Gasteiger partial charge in [0.15, 0.2) is 5.13 Å². The van der Waals surface area contributed by atoms with E-state index in [1.165, 1.54) is 24.2 Å². The van der Waals surface area contributed by atoms with E-state index in [4.69, 9.17) is 0 Å². The van der Waals surface area contributed by atoms with Crippen molar-refractivity contribution in [1.82, 2.24) is 10.3 Å². The molecule has 2 aromatic heterocycles. The van der Waals surface area contributed by atoms with Crippen LogP contribution >= 0.6 is 22.7 Å². The molecule has 0 bridgehead atoms. The molecule has 0 unspecified atom stereocenters. The van der Waals surface area contributed by atoms with Gasteiger partial charge >= 0.3 is 0 Å². The largest absolute Gasteiger partial charge is 0.308 e. The van der Waals surface area contributed by atoms with E-state index in [1.54, 1.807) is 11.3 Å². The van der Waals surface area contributed by atoms with E-state index in [1.807, 2.05) is 22.9 Å². The number of carbonyl (C=O) groups is 1. The summed E-state index contributed by atoms with van der Waals surface area (Å²) in [6, 6.07) is 4.03. The third kappa shape index (κ3) is 3.62. The molecule has 1 aliphatic carbocycles. The van der Waals surface area contributed by atoms with Crippen molar-refractivity contribution in [2.75, 3.05) is 18.4 Å². The number of thiophene rings is 1. The van der Waals surface area contributed by atoms with E-state index < -0.39 is 0 Å². The predicted octanol–water partition coefficient (Wildman–Crippen LogP) is 2.81. The van der Waals surface area contributed by atoms with Crippen LogP contribution in [0.5, 0.6) is 0 Å². The molecule has 1 fully saturated rings. The smallest absolute Gasteiger partial charge is 0.240 e. The lowest BCUT2D eigenvalue weighted by molar-refractivity contribution is -0.115. The van der Waals surface area contributed by atoms with Crippen molar-refractivity contribution in [3.05, 3.63) is 22.9 Å². The van der Waals surface area contributed by atoms with E-state index >= 15 is 0 Å². The number of hydrogen-bond acceptors (Lipinski definition) is 5. The van der Waals surface area contributed by atoms with Gasteiger partial charge in [-0.2, -0.15) is 0 Å². The van der Waals surface area contributed by atoms with E-state index in [-0.39, 0.29) is 5.91 Å². The fraction of sp³-hybridized carbons (Fsp3) is 0.385. The van der Waals surface area contributed by atoms with Crippen molar-refractivity contribution in [3.8, 4) is 10.6 Å². The Hall–Kier alpha value is -1.24. The van der Waals surface area contributed by atoms with Gasteiger partial charge in [0.2, 0.25) is 5.91 Å². The highest BCUT2D eigenvalue weighted by Gasteiger charge is 2.20. The fourth-order valence-corrected chi connectivity index (χ4v) is 3.23. The van der Waals surface area contributed by atoms with Crippen LogP contribution in [0.1, 0.15) is 12.8 Å². The molecule has 0 saturated heterocycles. The lowest BCUT2D eigenvalue weighted by atomic mass is 10.4. The van der Waals surface area contributed by atoms with Gasteiger partial charge in [-0.3, -0.25) is 4.79 Å². The summed E-state index contributed by atoms with van der Waals surface area (Å²) in [5.74, 6) is 0.769. The second kappa shape index (κ2) is 5.81. The SMILES string of the molecule is O=C(CNCC1CC1)Nc1nc(-c2cccs2)cs1. The van der Waals surface area contributed by atoms with E-state index in [9.17, 15) is 4.79 Å². The Balaban J connectivity index is 1.50. The molecular weight excluding hydrogens is 278 g/mol. The molecule has 6 heteroatoms. The van der Waals surface area contributed by atoms with Crippen LogP contribution in [-0.2, 0) is 4.79 Å². The zero-order valence-corrected chi connectivity index (χ0v) is 12.0. The first-order valence-corrected chi connectivity index (χ1v) is 8.07. The minimum atomic E-state index is -0.0206. The van der Waals surface area contributed by atoms with Gasteiger partial charge in [-0.1, -0.05) is 6.07 Å². The third-order valence-electron chi connectivity index (χ3n) is 2.94. The zero-order chi connectivity index (χ0) is 13.1. The monoisotopic (exact) mass is 293 g/mol. The maximum atomic E-state index is 11.7. The van der Waals surface area contributed by atoms with Crippen LogP contribution in [0.3, 0.4) is 0 Å². The van der Waals surface area contributed by atoms with E-state index in [2.05, 4.69) is 15.6 Å². The molecule has 2 N–H and O–H groups in total. The fourth-order valence-electron chi connectivity index (χ4n) is 1.74. The number of anilines is 1. The lowest BCUT2D eigenvalue weighted by Crippen LogP contribution is -2.29.